The highest BCUT2D eigenvalue weighted by molar-refractivity contribution is 7.85. The van der Waals surface area contributed by atoms with E-state index in [2.05, 4.69) is 36.5 Å². The van der Waals surface area contributed by atoms with E-state index in [0.717, 1.165) is 31.4 Å². The molecule has 0 aliphatic heterocycles. The molecule has 0 heterocycles. The lowest BCUT2D eigenvalue weighted by atomic mass is 9.87. The van der Waals surface area contributed by atoms with Gasteiger partial charge in [-0.3, -0.25) is 4.21 Å². The summed E-state index contributed by atoms with van der Waals surface area (Å²) in [4.78, 5) is 0. The molecule has 2 rings (SSSR count). The van der Waals surface area contributed by atoms with Gasteiger partial charge in [-0.1, -0.05) is 37.6 Å². The maximum Gasteiger partial charge on any atom is 0.0546 e. The molecule has 18 heavy (non-hydrogen) atoms. The summed E-state index contributed by atoms with van der Waals surface area (Å²) in [6.45, 7) is 2.16. The van der Waals surface area contributed by atoms with Crippen molar-refractivity contribution < 1.29 is 4.21 Å². The van der Waals surface area contributed by atoms with Crippen molar-refractivity contribution in [1.82, 2.24) is 5.32 Å². The van der Waals surface area contributed by atoms with Crippen LogP contribution in [0.5, 0.6) is 0 Å². The topological polar surface area (TPSA) is 29.1 Å². The number of unbranched alkanes of at least 4 members (excludes halogenated alkanes) is 1. The van der Waals surface area contributed by atoms with Gasteiger partial charge in [0.15, 0.2) is 0 Å². The Morgan fingerprint density at radius 1 is 1.39 bits per heavy atom. The summed E-state index contributed by atoms with van der Waals surface area (Å²) >= 11 is 0. The van der Waals surface area contributed by atoms with Crippen molar-refractivity contribution in [3.8, 4) is 0 Å². The van der Waals surface area contributed by atoms with Gasteiger partial charge >= 0.3 is 0 Å². The monoisotopic (exact) mass is 265 g/mol. The Hall–Kier alpha value is -0.670. The lowest BCUT2D eigenvalue weighted by molar-refractivity contribution is 0.497. The zero-order valence-corrected chi connectivity index (χ0v) is 12.1. The van der Waals surface area contributed by atoms with Crippen LogP contribution in [0.25, 0.3) is 0 Å². The minimum Gasteiger partial charge on any atom is -0.312 e. The van der Waals surface area contributed by atoms with Crippen LogP contribution in [0.2, 0.25) is 0 Å². The number of rotatable bonds is 5. The van der Waals surface area contributed by atoms with E-state index in [4.69, 9.17) is 0 Å². The lowest BCUT2D eigenvalue weighted by Gasteiger charge is -2.32. The van der Waals surface area contributed by atoms with Crippen LogP contribution in [0.1, 0.15) is 43.4 Å². The number of fused-ring (bicyclic) bond motifs is 1. The Morgan fingerprint density at radius 3 is 2.89 bits per heavy atom. The van der Waals surface area contributed by atoms with Gasteiger partial charge in [0.2, 0.25) is 0 Å². The molecule has 1 aliphatic carbocycles. The molecule has 0 fully saturated rings. The molecule has 0 amide bonds. The molecule has 0 spiro atoms. The average molecular weight is 265 g/mol. The van der Waals surface area contributed by atoms with Gasteiger partial charge in [0.1, 0.15) is 0 Å². The van der Waals surface area contributed by atoms with E-state index in [9.17, 15) is 4.21 Å². The predicted octanol–water partition coefficient (Wildman–Crippen LogP) is 2.81. The Bertz CT molecular complexity index is 419. The third-order valence-corrected chi connectivity index (χ3v) is 5.68. The maximum atomic E-state index is 12.4. The normalized spacial score (nSPS) is 24.6. The molecule has 0 saturated carbocycles. The first-order valence-electron chi connectivity index (χ1n) is 6.90. The van der Waals surface area contributed by atoms with Crippen LogP contribution in [0.3, 0.4) is 0 Å². The number of aryl methyl sites for hydroxylation is 1. The summed E-state index contributed by atoms with van der Waals surface area (Å²) in [5.74, 6) is 0.849. The molecule has 100 valence electrons. The van der Waals surface area contributed by atoms with Gasteiger partial charge in [0, 0.05) is 22.6 Å². The summed E-state index contributed by atoms with van der Waals surface area (Å²) < 4.78 is 12.4. The highest BCUT2D eigenvalue weighted by Gasteiger charge is 2.31. The van der Waals surface area contributed by atoms with Crippen LogP contribution in [0.4, 0.5) is 0 Å². The van der Waals surface area contributed by atoms with E-state index < -0.39 is 10.8 Å². The Morgan fingerprint density at radius 2 is 2.17 bits per heavy atom. The molecule has 2 nitrogen and oxygen atoms in total. The zero-order valence-electron chi connectivity index (χ0n) is 11.3. The molecular formula is C15H23NOS. The van der Waals surface area contributed by atoms with Crippen molar-refractivity contribution in [2.24, 2.45) is 0 Å². The summed E-state index contributed by atoms with van der Waals surface area (Å²) in [5.41, 5.74) is 2.77. The van der Waals surface area contributed by atoms with Crippen LogP contribution in [0, 0.1) is 0 Å². The largest absolute Gasteiger partial charge is 0.312 e. The predicted molar refractivity (Wildman–Crippen MR) is 78.3 cm³/mol. The third kappa shape index (κ3) is 2.83. The fraction of sp³-hybridized carbons (Fsp3) is 0.600. The second-order valence-corrected chi connectivity index (χ2v) is 6.76. The lowest BCUT2D eigenvalue weighted by Crippen LogP contribution is -2.37. The molecule has 3 atom stereocenters. The van der Waals surface area contributed by atoms with Gasteiger partial charge in [-0.2, -0.15) is 0 Å². The molecular weight excluding hydrogens is 242 g/mol. The SMILES string of the molecule is CCCCS(=O)C1CCc2ccccc2C1NC. The van der Waals surface area contributed by atoms with Crippen LogP contribution < -0.4 is 5.32 Å². The minimum absolute atomic E-state index is 0.257. The van der Waals surface area contributed by atoms with Gasteiger partial charge in [-0.25, -0.2) is 0 Å². The standard InChI is InChI=1S/C15H23NOS/c1-3-4-11-18(17)14-10-9-12-7-5-6-8-13(12)15(14)16-2/h5-8,14-16H,3-4,9-11H2,1-2H3. The van der Waals surface area contributed by atoms with Crippen molar-refractivity contribution in [2.75, 3.05) is 12.8 Å². The Balaban J connectivity index is 2.17. The molecule has 0 saturated heterocycles. The first-order chi connectivity index (χ1) is 8.77. The van der Waals surface area contributed by atoms with Gasteiger partial charge < -0.3 is 5.32 Å². The van der Waals surface area contributed by atoms with Crippen LogP contribution in [-0.4, -0.2) is 22.3 Å². The van der Waals surface area contributed by atoms with Gasteiger partial charge in [0.25, 0.3) is 0 Å². The molecule has 0 bridgehead atoms. The number of benzene rings is 1. The van der Waals surface area contributed by atoms with Crippen molar-refractivity contribution in [3.05, 3.63) is 35.4 Å². The van der Waals surface area contributed by atoms with Crippen molar-refractivity contribution in [1.29, 1.82) is 0 Å². The molecule has 1 aromatic rings. The molecule has 0 radical (unpaired) electrons. The quantitative estimate of drug-likeness (QED) is 0.887. The third-order valence-electron chi connectivity index (χ3n) is 3.81. The fourth-order valence-corrected chi connectivity index (χ4v) is 4.64. The highest BCUT2D eigenvalue weighted by atomic mass is 32.2. The van der Waals surface area contributed by atoms with Crippen molar-refractivity contribution in [3.63, 3.8) is 0 Å². The molecule has 1 aliphatic rings. The van der Waals surface area contributed by atoms with E-state index in [-0.39, 0.29) is 11.3 Å². The van der Waals surface area contributed by atoms with E-state index in [1.165, 1.54) is 11.1 Å². The minimum atomic E-state index is -0.706. The van der Waals surface area contributed by atoms with Gasteiger partial charge in [-0.05, 0) is 37.4 Å². The van der Waals surface area contributed by atoms with Crippen molar-refractivity contribution >= 4 is 10.8 Å². The van der Waals surface area contributed by atoms with E-state index in [1.54, 1.807) is 0 Å². The summed E-state index contributed by atoms with van der Waals surface area (Å²) in [5, 5.41) is 3.65. The van der Waals surface area contributed by atoms with Crippen LogP contribution in [0.15, 0.2) is 24.3 Å². The van der Waals surface area contributed by atoms with E-state index in [1.807, 2.05) is 7.05 Å². The molecule has 3 unspecified atom stereocenters. The van der Waals surface area contributed by atoms with Gasteiger partial charge in [0.05, 0.1) is 5.25 Å². The van der Waals surface area contributed by atoms with Gasteiger partial charge in [-0.15, -0.1) is 0 Å². The number of hydrogen-bond acceptors (Lipinski definition) is 2. The van der Waals surface area contributed by atoms with Crippen LogP contribution >= 0.6 is 0 Å². The zero-order chi connectivity index (χ0) is 13.0. The van der Waals surface area contributed by atoms with E-state index in [0.29, 0.717) is 0 Å². The Labute approximate surface area is 113 Å². The first kappa shape index (κ1) is 13.8. The molecule has 3 heteroatoms. The number of nitrogens with one attached hydrogen (secondary N) is 1. The molecule has 1 N–H and O–H groups in total. The average Bonchev–Trinajstić information content (AvgIpc) is 2.43. The maximum absolute atomic E-state index is 12.4. The second kappa shape index (κ2) is 6.48. The van der Waals surface area contributed by atoms with Crippen molar-refractivity contribution in [2.45, 2.75) is 43.9 Å². The van der Waals surface area contributed by atoms with E-state index >= 15 is 0 Å². The smallest absolute Gasteiger partial charge is 0.0546 e. The summed E-state index contributed by atoms with van der Waals surface area (Å²) in [6, 6.07) is 8.82. The second-order valence-electron chi connectivity index (χ2n) is 4.98. The fourth-order valence-electron chi connectivity index (χ4n) is 2.79. The molecule has 1 aromatic carbocycles. The first-order valence-corrected chi connectivity index (χ1v) is 8.28. The highest BCUT2D eigenvalue weighted by Crippen LogP contribution is 2.32. The Kier molecular flexibility index (Phi) is 4.95. The van der Waals surface area contributed by atoms with Crippen LogP contribution in [-0.2, 0) is 17.2 Å². The summed E-state index contributed by atoms with van der Waals surface area (Å²) in [6.07, 6.45) is 4.30. The summed E-state index contributed by atoms with van der Waals surface area (Å²) in [7, 11) is 1.28. The number of hydrogen-bond donors (Lipinski definition) is 1. The molecule has 0 aromatic heterocycles.